The first-order chi connectivity index (χ1) is 29.0. The van der Waals surface area contributed by atoms with Crippen LogP contribution in [0.25, 0.3) is 11.1 Å². The average molecular weight is 893 g/mol. The maximum absolute atomic E-state index is 13.3. The van der Waals surface area contributed by atoms with Crippen LogP contribution < -0.4 is 0 Å². The molecular weight excluding hydrogens is 813 g/mol. The van der Waals surface area contributed by atoms with Crippen LogP contribution in [0.5, 0.6) is 0 Å². The number of carbonyl (C=O) groups is 2. The fourth-order valence-corrected chi connectivity index (χ4v) is 10.7. The minimum absolute atomic E-state index is 0.133. The summed E-state index contributed by atoms with van der Waals surface area (Å²) in [4.78, 5) is 41.0. The van der Waals surface area contributed by atoms with Crippen molar-refractivity contribution in [3.8, 4) is 0 Å². The minimum Gasteiger partial charge on any atom is -0.444 e. The van der Waals surface area contributed by atoms with Crippen LogP contribution >= 0.6 is 0 Å². The third-order valence-corrected chi connectivity index (χ3v) is 16.1. The second-order valence-corrected chi connectivity index (χ2v) is 34.0. The fourth-order valence-electron chi connectivity index (χ4n) is 9.17. The summed E-state index contributed by atoms with van der Waals surface area (Å²) in [7, 11) is -2.46. The lowest BCUT2D eigenvalue weighted by Crippen LogP contribution is -2.37. The monoisotopic (exact) mass is 893 g/mol. The van der Waals surface area contributed by atoms with Crippen LogP contribution in [0.2, 0.25) is 51.4 Å². The van der Waals surface area contributed by atoms with Gasteiger partial charge in [-0.25, -0.2) is 19.6 Å². The Hall–Kier alpha value is -3.21. The molecule has 0 aromatic carbocycles. The first-order valence-electron chi connectivity index (χ1n) is 23.7. The molecule has 4 aliphatic rings. The summed E-state index contributed by atoms with van der Waals surface area (Å²) in [5.74, 6) is 3.04. The second-order valence-electron chi connectivity index (χ2n) is 22.8. The molecule has 0 spiro atoms. The number of aromatic nitrogens is 4. The zero-order valence-electron chi connectivity index (χ0n) is 40.5. The van der Waals surface area contributed by atoms with Gasteiger partial charge in [-0.05, 0) is 141 Å². The van der Waals surface area contributed by atoms with Gasteiger partial charge in [0.2, 0.25) is 0 Å². The van der Waals surface area contributed by atoms with E-state index < -0.39 is 27.3 Å². The van der Waals surface area contributed by atoms with Gasteiger partial charge >= 0.3 is 12.2 Å². The molecule has 2 fully saturated rings. The molecule has 0 N–H and O–H groups in total. The van der Waals surface area contributed by atoms with Crippen molar-refractivity contribution >= 4 is 39.5 Å². The summed E-state index contributed by atoms with van der Waals surface area (Å²) >= 11 is 0. The van der Waals surface area contributed by atoms with Gasteiger partial charge in [0.1, 0.15) is 36.3 Å². The normalized spacial score (nSPS) is 22.8. The van der Waals surface area contributed by atoms with Gasteiger partial charge in [-0.1, -0.05) is 51.4 Å². The molecule has 2 aliphatic carbocycles. The van der Waals surface area contributed by atoms with E-state index in [0.717, 1.165) is 113 Å². The zero-order chi connectivity index (χ0) is 45.0. The molecule has 346 valence electrons. The van der Waals surface area contributed by atoms with Crippen LogP contribution in [0.3, 0.4) is 0 Å². The first-order valence-corrected chi connectivity index (χ1v) is 31.1. The fraction of sp³-hybridized carbons (Fsp3) is 0.750. The number of hydrogen-bond donors (Lipinski definition) is 0. The van der Waals surface area contributed by atoms with E-state index in [-0.39, 0.29) is 24.3 Å². The van der Waals surface area contributed by atoms with Crippen molar-refractivity contribution in [1.82, 2.24) is 28.9 Å². The summed E-state index contributed by atoms with van der Waals surface area (Å²) in [6, 6.07) is 1.95. The Morgan fingerprint density at radius 3 is 1.34 bits per heavy atom. The summed E-state index contributed by atoms with van der Waals surface area (Å²) in [5.41, 5.74) is 3.51. The molecular formula is C48H80N6O6Si2. The highest BCUT2D eigenvalue weighted by atomic mass is 28.3. The van der Waals surface area contributed by atoms with Crippen molar-refractivity contribution in [1.29, 1.82) is 0 Å². The third kappa shape index (κ3) is 13.4. The van der Waals surface area contributed by atoms with Crippen molar-refractivity contribution in [2.75, 3.05) is 26.3 Å². The molecule has 4 heterocycles. The van der Waals surface area contributed by atoms with Gasteiger partial charge in [0, 0.05) is 54.8 Å². The summed E-state index contributed by atoms with van der Waals surface area (Å²) in [6.45, 7) is 29.4. The molecule has 4 atom stereocenters. The molecule has 6 rings (SSSR count). The Morgan fingerprint density at radius 2 is 1.02 bits per heavy atom. The van der Waals surface area contributed by atoms with Gasteiger partial charge in [0.05, 0.1) is 23.5 Å². The lowest BCUT2D eigenvalue weighted by Gasteiger charge is -2.31. The molecule has 0 saturated carbocycles. The van der Waals surface area contributed by atoms with Crippen molar-refractivity contribution in [2.45, 2.75) is 194 Å². The van der Waals surface area contributed by atoms with Gasteiger partial charge in [-0.15, -0.1) is 0 Å². The molecule has 2 saturated heterocycles. The second kappa shape index (κ2) is 19.9. The molecule has 12 nitrogen and oxygen atoms in total. The number of imidazole rings is 2. The predicted octanol–water partition coefficient (Wildman–Crippen LogP) is 11.9. The third-order valence-electron chi connectivity index (χ3n) is 12.7. The Morgan fingerprint density at radius 1 is 0.629 bits per heavy atom. The van der Waals surface area contributed by atoms with Gasteiger partial charge in [-0.3, -0.25) is 9.80 Å². The van der Waals surface area contributed by atoms with Crippen LogP contribution in [-0.2, 0) is 32.4 Å². The molecule has 0 radical (unpaired) electrons. The van der Waals surface area contributed by atoms with Crippen molar-refractivity contribution in [3.05, 3.63) is 47.6 Å². The van der Waals surface area contributed by atoms with E-state index in [2.05, 4.69) is 73.0 Å². The Balaban J connectivity index is 1.14. The van der Waals surface area contributed by atoms with Crippen molar-refractivity contribution in [3.63, 3.8) is 0 Å². The summed E-state index contributed by atoms with van der Waals surface area (Å²) < 4.78 is 28.5. The molecule has 2 amide bonds. The molecule has 2 aliphatic heterocycles. The SMILES string of the molecule is CC(C)(C)OC(=O)N1CCC[C@H]1c1nc(C2=CCC(C3CC=C(c4cn(COCC[Si](C)(C)C)c([C@@H]5CCCN5C(=O)OC(C)(C)C)n4)CC3)CC2)cn1COCC[Si](C)(C)C. The molecule has 14 heteroatoms. The summed E-state index contributed by atoms with van der Waals surface area (Å²) in [6.07, 6.45) is 18.6. The van der Waals surface area contributed by atoms with Crippen LogP contribution in [0.4, 0.5) is 9.59 Å². The quantitative estimate of drug-likeness (QED) is 0.128. The van der Waals surface area contributed by atoms with Crippen molar-refractivity contribution in [2.24, 2.45) is 11.8 Å². The highest BCUT2D eigenvalue weighted by Crippen LogP contribution is 2.43. The Labute approximate surface area is 375 Å². The van der Waals surface area contributed by atoms with Crippen molar-refractivity contribution < 1.29 is 28.5 Å². The molecule has 2 aromatic heterocycles. The zero-order valence-corrected chi connectivity index (χ0v) is 42.5. The van der Waals surface area contributed by atoms with Crippen LogP contribution in [-0.4, -0.2) is 94.7 Å². The van der Waals surface area contributed by atoms with Crippen LogP contribution in [0.15, 0.2) is 24.5 Å². The van der Waals surface area contributed by atoms with E-state index in [4.69, 9.17) is 28.9 Å². The molecule has 62 heavy (non-hydrogen) atoms. The number of rotatable bonds is 15. The highest BCUT2D eigenvalue weighted by molar-refractivity contribution is 6.76. The maximum atomic E-state index is 13.3. The van der Waals surface area contributed by atoms with E-state index in [1.807, 2.05) is 51.3 Å². The summed E-state index contributed by atoms with van der Waals surface area (Å²) in [5, 5.41) is 0. The number of allylic oxidation sites excluding steroid dienone is 4. The minimum atomic E-state index is -1.23. The van der Waals surface area contributed by atoms with Crippen LogP contribution in [0, 0.1) is 11.8 Å². The standard InChI is InChI=1S/C48H80N6O6Si2/c1-47(2,3)59-45(55)53-25-13-15-41(53)43-49-39(31-51(43)33-57-27-29-61(7,8)9)37-21-17-35(18-22-37)36-19-23-38(24-20-36)40-32-52(34-58-28-30-62(10,11)12)44(50-40)42-16-14-26-54(42)46(56)60-48(4,5)6/h21,23,31-32,35-36,41-42H,13-20,22,24-30,33-34H2,1-12H3/t35?,36?,41-,42-/m0/s1. The average Bonchev–Trinajstić information content (AvgIpc) is 3.99. The smallest absolute Gasteiger partial charge is 0.410 e. The largest absolute Gasteiger partial charge is 0.444 e. The molecule has 0 bridgehead atoms. The van der Waals surface area contributed by atoms with Gasteiger partial charge < -0.3 is 28.1 Å². The number of likely N-dealkylation sites (tertiary alicyclic amines) is 2. The van der Waals surface area contributed by atoms with Gasteiger partial charge in [0.15, 0.2) is 0 Å². The lowest BCUT2D eigenvalue weighted by molar-refractivity contribution is 0.0194. The Kier molecular flexibility index (Phi) is 15.5. The van der Waals surface area contributed by atoms with E-state index >= 15 is 0 Å². The highest BCUT2D eigenvalue weighted by Gasteiger charge is 2.38. The van der Waals surface area contributed by atoms with Gasteiger partial charge in [-0.2, -0.15) is 0 Å². The lowest BCUT2D eigenvalue weighted by atomic mass is 9.74. The van der Waals surface area contributed by atoms with Gasteiger partial charge in [0.25, 0.3) is 0 Å². The van der Waals surface area contributed by atoms with E-state index in [0.29, 0.717) is 38.4 Å². The number of amides is 2. The van der Waals surface area contributed by atoms with Crippen LogP contribution in [0.1, 0.15) is 141 Å². The maximum Gasteiger partial charge on any atom is 0.410 e. The van der Waals surface area contributed by atoms with E-state index in [9.17, 15) is 9.59 Å². The molecule has 2 aromatic rings. The first kappa shape index (κ1) is 48.3. The number of ether oxygens (including phenoxy) is 4. The van der Waals surface area contributed by atoms with E-state index in [1.165, 1.54) is 11.1 Å². The van der Waals surface area contributed by atoms with E-state index in [1.54, 1.807) is 0 Å². The Bertz CT molecular complexity index is 1770. The topological polar surface area (TPSA) is 113 Å². The number of nitrogens with zero attached hydrogens (tertiary/aromatic N) is 6. The number of hydrogen-bond acceptors (Lipinski definition) is 8. The number of carbonyl (C=O) groups excluding carboxylic acids is 2. The predicted molar refractivity (Wildman–Crippen MR) is 253 cm³/mol. The molecule has 2 unspecified atom stereocenters.